The third-order valence-corrected chi connectivity index (χ3v) is 4.55. The van der Waals surface area contributed by atoms with Gasteiger partial charge < -0.3 is 20.1 Å². The standard InChI is InChI=1S/C18H25N3O3/c1-18(2)10-17(23)20-7-8-21(18)11-14(22)12-24-15-4-3-13-5-6-19-16(13)9-15/h3-6,9,14,19,22H,7-8,10-12H2,1-2H3,(H,20,23). The van der Waals surface area contributed by atoms with Gasteiger partial charge in [0.25, 0.3) is 0 Å². The van der Waals surface area contributed by atoms with Crippen molar-refractivity contribution in [3.63, 3.8) is 0 Å². The number of amides is 1. The van der Waals surface area contributed by atoms with E-state index in [2.05, 4.69) is 15.2 Å². The van der Waals surface area contributed by atoms with Crippen molar-refractivity contribution in [1.82, 2.24) is 15.2 Å². The van der Waals surface area contributed by atoms with Crippen molar-refractivity contribution in [1.29, 1.82) is 0 Å². The van der Waals surface area contributed by atoms with Crippen molar-refractivity contribution < 1.29 is 14.6 Å². The molecule has 1 fully saturated rings. The van der Waals surface area contributed by atoms with Crippen LogP contribution in [0.1, 0.15) is 20.3 Å². The van der Waals surface area contributed by atoms with Crippen LogP contribution in [0.3, 0.4) is 0 Å². The number of aromatic amines is 1. The molecule has 1 saturated heterocycles. The zero-order valence-corrected chi connectivity index (χ0v) is 14.2. The van der Waals surface area contributed by atoms with Crippen molar-refractivity contribution >= 4 is 16.8 Å². The van der Waals surface area contributed by atoms with Crippen LogP contribution in [-0.4, -0.2) is 58.8 Å². The molecule has 3 N–H and O–H groups in total. The molecule has 0 spiro atoms. The average Bonchev–Trinajstić information content (AvgIpc) is 2.94. The van der Waals surface area contributed by atoms with E-state index in [1.54, 1.807) is 0 Å². The summed E-state index contributed by atoms with van der Waals surface area (Å²) >= 11 is 0. The van der Waals surface area contributed by atoms with Crippen molar-refractivity contribution in [3.05, 3.63) is 30.5 Å². The second-order valence-corrected chi connectivity index (χ2v) is 6.98. The van der Waals surface area contributed by atoms with E-state index in [-0.39, 0.29) is 18.1 Å². The number of β-amino-alcohol motifs (C(OH)–C–C–N with tert-alkyl or cyclic N) is 1. The molecule has 0 radical (unpaired) electrons. The quantitative estimate of drug-likeness (QED) is 0.776. The van der Waals surface area contributed by atoms with Gasteiger partial charge in [-0.1, -0.05) is 0 Å². The van der Waals surface area contributed by atoms with Crippen LogP contribution in [0.4, 0.5) is 0 Å². The van der Waals surface area contributed by atoms with E-state index in [0.29, 0.717) is 19.5 Å². The molecule has 0 saturated carbocycles. The molecule has 6 heteroatoms. The Kier molecular flexibility index (Phi) is 4.78. The van der Waals surface area contributed by atoms with E-state index >= 15 is 0 Å². The van der Waals surface area contributed by atoms with Crippen LogP contribution in [0.5, 0.6) is 5.75 Å². The van der Waals surface area contributed by atoms with Gasteiger partial charge in [0.15, 0.2) is 0 Å². The van der Waals surface area contributed by atoms with Crippen LogP contribution < -0.4 is 10.1 Å². The summed E-state index contributed by atoms with van der Waals surface area (Å²) in [5.74, 6) is 0.795. The first-order valence-electron chi connectivity index (χ1n) is 8.34. The largest absolute Gasteiger partial charge is 0.491 e. The third-order valence-electron chi connectivity index (χ3n) is 4.55. The van der Waals surface area contributed by atoms with Crippen molar-refractivity contribution in [2.45, 2.75) is 31.9 Å². The minimum absolute atomic E-state index is 0.0625. The fourth-order valence-electron chi connectivity index (χ4n) is 3.15. The highest BCUT2D eigenvalue weighted by molar-refractivity contribution is 5.80. The van der Waals surface area contributed by atoms with Gasteiger partial charge in [-0.05, 0) is 37.4 Å². The fraction of sp³-hybridized carbons (Fsp3) is 0.500. The Hall–Kier alpha value is -2.05. The summed E-state index contributed by atoms with van der Waals surface area (Å²) in [6.45, 7) is 6.10. The number of rotatable bonds is 5. The number of hydrogen-bond acceptors (Lipinski definition) is 4. The summed E-state index contributed by atoms with van der Waals surface area (Å²) in [6, 6.07) is 7.83. The van der Waals surface area contributed by atoms with Gasteiger partial charge in [-0.15, -0.1) is 0 Å². The van der Waals surface area contributed by atoms with E-state index in [1.165, 1.54) is 0 Å². The van der Waals surface area contributed by atoms with Crippen LogP contribution in [0, 0.1) is 0 Å². The number of H-pyrrole nitrogens is 1. The third kappa shape index (κ3) is 3.88. The fourth-order valence-corrected chi connectivity index (χ4v) is 3.15. The molecule has 3 rings (SSSR count). The lowest BCUT2D eigenvalue weighted by atomic mass is 9.97. The molecular weight excluding hydrogens is 306 g/mol. The number of fused-ring (bicyclic) bond motifs is 1. The topological polar surface area (TPSA) is 77.6 Å². The number of aromatic nitrogens is 1. The van der Waals surface area contributed by atoms with Crippen LogP contribution in [0.15, 0.2) is 30.5 Å². The monoisotopic (exact) mass is 331 g/mol. The summed E-state index contributed by atoms with van der Waals surface area (Å²) < 4.78 is 5.73. The first-order valence-corrected chi connectivity index (χ1v) is 8.34. The molecule has 24 heavy (non-hydrogen) atoms. The predicted molar refractivity (Wildman–Crippen MR) is 93.1 cm³/mol. The van der Waals surface area contributed by atoms with Crippen LogP contribution in [-0.2, 0) is 4.79 Å². The van der Waals surface area contributed by atoms with Crippen molar-refractivity contribution in [2.24, 2.45) is 0 Å². The summed E-state index contributed by atoms with van der Waals surface area (Å²) in [6.07, 6.45) is 1.71. The summed E-state index contributed by atoms with van der Waals surface area (Å²) in [7, 11) is 0. The molecule has 0 bridgehead atoms. The van der Waals surface area contributed by atoms with E-state index in [9.17, 15) is 9.90 Å². The van der Waals surface area contributed by atoms with Crippen molar-refractivity contribution in [3.8, 4) is 5.75 Å². The van der Waals surface area contributed by atoms with Crippen LogP contribution in [0.25, 0.3) is 10.9 Å². The van der Waals surface area contributed by atoms with E-state index in [0.717, 1.165) is 23.2 Å². The van der Waals surface area contributed by atoms with Crippen molar-refractivity contribution in [2.75, 3.05) is 26.2 Å². The van der Waals surface area contributed by atoms with Gasteiger partial charge in [0.2, 0.25) is 5.91 Å². The Labute approximate surface area is 141 Å². The molecule has 1 aliphatic rings. The Morgan fingerprint density at radius 2 is 2.21 bits per heavy atom. The number of ether oxygens (including phenoxy) is 1. The summed E-state index contributed by atoms with van der Waals surface area (Å²) in [5, 5.41) is 14.4. The number of nitrogens with zero attached hydrogens (tertiary/aromatic N) is 1. The van der Waals surface area contributed by atoms with E-state index in [4.69, 9.17) is 4.74 Å². The summed E-state index contributed by atoms with van der Waals surface area (Å²) in [4.78, 5) is 17.0. The van der Waals surface area contributed by atoms with Crippen LogP contribution in [0.2, 0.25) is 0 Å². The molecule has 0 aliphatic carbocycles. The molecule has 130 valence electrons. The first-order chi connectivity index (χ1) is 11.4. The molecule has 1 aliphatic heterocycles. The number of aliphatic hydroxyl groups is 1. The SMILES string of the molecule is CC1(C)CC(=O)NCCN1CC(O)COc1ccc2cc[nH]c2c1. The molecule has 1 atom stereocenters. The zero-order valence-electron chi connectivity index (χ0n) is 14.2. The van der Waals surface area contributed by atoms with Gasteiger partial charge in [-0.3, -0.25) is 9.69 Å². The molecule has 1 unspecified atom stereocenters. The molecular formula is C18H25N3O3. The Bertz CT molecular complexity index is 710. The minimum Gasteiger partial charge on any atom is -0.491 e. The zero-order chi connectivity index (χ0) is 17.2. The van der Waals surface area contributed by atoms with Gasteiger partial charge >= 0.3 is 0 Å². The molecule has 2 aromatic rings. The Morgan fingerprint density at radius 1 is 1.38 bits per heavy atom. The number of aliphatic hydroxyl groups excluding tert-OH is 1. The highest BCUT2D eigenvalue weighted by atomic mass is 16.5. The van der Waals surface area contributed by atoms with E-state index < -0.39 is 6.10 Å². The van der Waals surface area contributed by atoms with Crippen LogP contribution >= 0.6 is 0 Å². The van der Waals surface area contributed by atoms with Gasteiger partial charge in [-0.2, -0.15) is 0 Å². The molecule has 1 amide bonds. The lowest BCUT2D eigenvalue weighted by Gasteiger charge is -2.37. The Morgan fingerprint density at radius 3 is 3.04 bits per heavy atom. The minimum atomic E-state index is -0.614. The highest BCUT2D eigenvalue weighted by Crippen LogP contribution is 2.22. The van der Waals surface area contributed by atoms with Gasteiger partial charge in [-0.25, -0.2) is 0 Å². The smallest absolute Gasteiger partial charge is 0.221 e. The lowest BCUT2D eigenvalue weighted by Crippen LogP contribution is -2.49. The normalized spacial score (nSPS) is 19.7. The first kappa shape index (κ1) is 16.8. The maximum absolute atomic E-state index is 11.7. The number of hydrogen-bond donors (Lipinski definition) is 3. The second kappa shape index (κ2) is 6.83. The van der Waals surface area contributed by atoms with Gasteiger partial charge in [0.1, 0.15) is 18.5 Å². The highest BCUT2D eigenvalue weighted by Gasteiger charge is 2.32. The molecule has 1 aromatic heterocycles. The molecule has 6 nitrogen and oxygen atoms in total. The molecule has 2 heterocycles. The molecule has 1 aromatic carbocycles. The van der Waals surface area contributed by atoms with Gasteiger partial charge in [0, 0.05) is 49.4 Å². The number of benzene rings is 1. The summed E-state index contributed by atoms with van der Waals surface area (Å²) in [5.41, 5.74) is 0.741. The second-order valence-electron chi connectivity index (χ2n) is 6.98. The maximum atomic E-state index is 11.7. The Balaban J connectivity index is 1.56. The maximum Gasteiger partial charge on any atom is 0.221 e. The predicted octanol–water partition coefficient (Wildman–Crippen LogP) is 1.51. The number of carbonyl (C=O) groups excluding carboxylic acids is 1. The van der Waals surface area contributed by atoms with E-state index in [1.807, 2.05) is 44.3 Å². The number of carbonyl (C=O) groups is 1. The number of nitrogens with one attached hydrogen (secondary N) is 2. The van der Waals surface area contributed by atoms with Gasteiger partial charge in [0.05, 0.1) is 0 Å². The lowest BCUT2D eigenvalue weighted by molar-refractivity contribution is -0.122. The average molecular weight is 331 g/mol.